The number of carbonyl (C=O) groups excluding carboxylic acids is 1. The van der Waals surface area contributed by atoms with Crippen molar-refractivity contribution in [1.29, 1.82) is 0 Å². The molecule has 0 aliphatic carbocycles. The summed E-state index contributed by atoms with van der Waals surface area (Å²) in [5.74, 6) is 1.27. The molecule has 3 heterocycles. The van der Waals surface area contributed by atoms with Gasteiger partial charge in [-0.2, -0.15) is 0 Å². The molecule has 1 aromatic carbocycles. The van der Waals surface area contributed by atoms with Crippen LogP contribution in [0.4, 0.5) is 0 Å². The van der Waals surface area contributed by atoms with E-state index in [-0.39, 0.29) is 30.7 Å². The number of hydrogen-bond donors (Lipinski definition) is 1. The number of pyridine rings is 1. The molecular weight excluding hydrogens is 385 g/mol. The summed E-state index contributed by atoms with van der Waals surface area (Å²) in [6.07, 6.45) is 2.66. The zero-order valence-corrected chi connectivity index (χ0v) is 16.7. The summed E-state index contributed by atoms with van der Waals surface area (Å²) in [6.45, 7) is 2.54. The van der Waals surface area contributed by atoms with E-state index in [0.717, 1.165) is 37.0 Å². The van der Waals surface area contributed by atoms with E-state index in [1.54, 1.807) is 6.26 Å². The molecule has 1 N–H and O–H groups in total. The first kappa shape index (κ1) is 21.2. The van der Waals surface area contributed by atoms with Gasteiger partial charge in [0.1, 0.15) is 5.69 Å². The molecule has 7 heteroatoms. The minimum Gasteiger partial charge on any atom is -0.463 e. The van der Waals surface area contributed by atoms with Crippen LogP contribution in [0.25, 0.3) is 22.4 Å². The number of aromatic nitrogens is 1. The monoisotopic (exact) mass is 407 g/mol. The average Bonchev–Trinajstić information content (AvgIpc) is 3.32. The number of hydrogen-bond acceptors (Lipinski definition) is 4. The lowest BCUT2D eigenvalue weighted by atomic mass is 10.1. The quantitative estimate of drug-likeness (QED) is 0.709. The fourth-order valence-electron chi connectivity index (χ4n) is 3.55. The third kappa shape index (κ3) is 4.26. The van der Waals surface area contributed by atoms with Crippen LogP contribution in [-0.4, -0.2) is 42.5 Å². The van der Waals surface area contributed by atoms with Crippen molar-refractivity contribution in [3.63, 3.8) is 0 Å². The number of nitrogens with zero attached hydrogens (tertiary/aromatic N) is 2. The lowest BCUT2D eigenvalue weighted by Gasteiger charge is -2.18. The molecule has 1 aliphatic rings. The molecule has 0 radical (unpaired) electrons. The maximum Gasteiger partial charge on any atom is 0.254 e. The summed E-state index contributed by atoms with van der Waals surface area (Å²) >= 11 is 0. The zero-order chi connectivity index (χ0) is 17.2. The summed E-state index contributed by atoms with van der Waals surface area (Å²) in [6, 6.07) is 13.3. The van der Waals surface area contributed by atoms with Crippen LogP contribution in [0.5, 0.6) is 0 Å². The highest BCUT2D eigenvalue weighted by molar-refractivity contribution is 6.07. The van der Waals surface area contributed by atoms with Crippen molar-refractivity contribution in [3.05, 3.63) is 54.3 Å². The maximum absolute atomic E-state index is 13.2. The molecule has 1 fully saturated rings. The van der Waals surface area contributed by atoms with Gasteiger partial charge in [0.05, 0.1) is 17.3 Å². The third-order valence-electron chi connectivity index (χ3n) is 4.79. The Morgan fingerprint density at radius 3 is 2.81 bits per heavy atom. The highest BCUT2D eigenvalue weighted by Gasteiger charge is 2.28. The molecule has 1 amide bonds. The summed E-state index contributed by atoms with van der Waals surface area (Å²) in [4.78, 5) is 19.8. The van der Waals surface area contributed by atoms with Gasteiger partial charge in [-0.1, -0.05) is 18.2 Å². The Kier molecular flexibility index (Phi) is 7.25. The second-order valence-corrected chi connectivity index (χ2v) is 6.51. The van der Waals surface area contributed by atoms with Crippen molar-refractivity contribution >= 4 is 41.6 Å². The molecule has 4 rings (SSSR count). The Balaban J connectivity index is 0.00000131. The van der Waals surface area contributed by atoms with E-state index in [1.807, 2.05) is 54.4 Å². The topological polar surface area (TPSA) is 58.4 Å². The molecule has 1 aliphatic heterocycles. The number of likely N-dealkylation sites (tertiary alicyclic amines) is 1. The Morgan fingerprint density at radius 2 is 2.07 bits per heavy atom. The minimum absolute atomic E-state index is 0. The molecule has 0 spiro atoms. The number of rotatable bonds is 4. The zero-order valence-electron chi connectivity index (χ0n) is 15.1. The van der Waals surface area contributed by atoms with Crippen molar-refractivity contribution < 1.29 is 9.21 Å². The van der Waals surface area contributed by atoms with Gasteiger partial charge in [0.2, 0.25) is 0 Å². The molecule has 0 saturated carbocycles. The van der Waals surface area contributed by atoms with E-state index in [4.69, 9.17) is 4.42 Å². The van der Waals surface area contributed by atoms with Gasteiger partial charge >= 0.3 is 0 Å². The normalized spacial score (nSPS) is 16.0. The Hall–Kier alpha value is -2.08. The van der Waals surface area contributed by atoms with Gasteiger partial charge in [-0.25, -0.2) is 4.98 Å². The third-order valence-corrected chi connectivity index (χ3v) is 4.79. The molecule has 27 heavy (non-hydrogen) atoms. The summed E-state index contributed by atoms with van der Waals surface area (Å²) < 4.78 is 5.48. The molecule has 1 unspecified atom stereocenters. The number of nitrogens with one attached hydrogen (secondary N) is 1. The molecule has 1 saturated heterocycles. The smallest absolute Gasteiger partial charge is 0.254 e. The first-order chi connectivity index (χ1) is 12.3. The SMILES string of the molecule is CNCC1CCN(C(=O)c2cc(-c3ccco3)nc3ccccc23)C1.Cl.Cl. The van der Waals surface area contributed by atoms with Crippen LogP contribution >= 0.6 is 24.8 Å². The molecule has 1 atom stereocenters. The van der Waals surface area contributed by atoms with Crippen LogP contribution in [0.1, 0.15) is 16.8 Å². The molecular formula is C20H23Cl2N3O2. The number of furan rings is 1. The molecule has 5 nitrogen and oxygen atoms in total. The number of benzene rings is 1. The van der Waals surface area contributed by atoms with E-state index in [1.165, 1.54) is 0 Å². The van der Waals surface area contributed by atoms with E-state index in [0.29, 0.717) is 22.9 Å². The van der Waals surface area contributed by atoms with Gasteiger partial charge in [-0.05, 0) is 50.2 Å². The van der Waals surface area contributed by atoms with Crippen LogP contribution < -0.4 is 5.32 Å². The number of carbonyl (C=O) groups is 1. The predicted octanol–water partition coefficient (Wildman–Crippen LogP) is 4.02. The van der Waals surface area contributed by atoms with Gasteiger partial charge in [-0.15, -0.1) is 24.8 Å². The number of para-hydroxylation sites is 1. The standard InChI is InChI=1S/C20H21N3O2.2ClH/c1-21-12-14-8-9-23(13-14)20(24)16-11-18(19-7-4-10-25-19)22-17-6-3-2-5-15(16)17;;/h2-7,10-11,14,21H,8-9,12-13H2,1H3;2*1H. The second kappa shape index (κ2) is 9.22. The minimum atomic E-state index is 0. The van der Waals surface area contributed by atoms with Crippen molar-refractivity contribution in [2.75, 3.05) is 26.7 Å². The molecule has 3 aromatic rings. The van der Waals surface area contributed by atoms with Crippen LogP contribution in [0.3, 0.4) is 0 Å². The van der Waals surface area contributed by atoms with Gasteiger partial charge in [-0.3, -0.25) is 4.79 Å². The Labute approximate surface area is 171 Å². The van der Waals surface area contributed by atoms with Gasteiger partial charge in [0.25, 0.3) is 5.91 Å². The fraction of sp³-hybridized carbons (Fsp3) is 0.300. The summed E-state index contributed by atoms with van der Waals surface area (Å²) in [5.41, 5.74) is 2.20. The highest BCUT2D eigenvalue weighted by atomic mass is 35.5. The molecule has 144 valence electrons. The van der Waals surface area contributed by atoms with Crippen molar-refractivity contribution in [3.8, 4) is 11.5 Å². The summed E-state index contributed by atoms with van der Waals surface area (Å²) in [5, 5.41) is 4.09. The average molecular weight is 408 g/mol. The lowest BCUT2D eigenvalue weighted by molar-refractivity contribution is 0.0789. The Morgan fingerprint density at radius 1 is 1.26 bits per heavy atom. The number of halogens is 2. The largest absolute Gasteiger partial charge is 0.463 e. The van der Waals surface area contributed by atoms with Crippen LogP contribution in [0.2, 0.25) is 0 Å². The fourth-order valence-corrected chi connectivity index (χ4v) is 3.55. The predicted molar refractivity (Wildman–Crippen MR) is 112 cm³/mol. The molecule has 0 bridgehead atoms. The first-order valence-corrected chi connectivity index (χ1v) is 8.64. The van der Waals surface area contributed by atoms with Crippen LogP contribution in [0.15, 0.2) is 53.1 Å². The van der Waals surface area contributed by atoms with E-state index in [2.05, 4.69) is 10.3 Å². The van der Waals surface area contributed by atoms with Gasteiger partial charge in [0.15, 0.2) is 5.76 Å². The van der Waals surface area contributed by atoms with Crippen molar-refractivity contribution in [2.24, 2.45) is 5.92 Å². The van der Waals surface area contributed by atoms with Crippen molar-refractivity contribution in [1.82, 2.24) is 15.2 Å². The second-order valence-electron chi connectivity index (χ2n) is 6.51. The maximum atomic E-state index is 13.2. The number of fused-ring (bicyclic) bond motifs is 1. The van der Waals surface area contributed by atoms with Gasteiger partial charge < -0.3 is 14.6 Å². The lowest BCUT2D eigenvalue weighted by Crippen LogP contribution is -2.30. The summed E-state index contributed by atoms with van der Waals surface area (Å²) in [7, 11) is 1.95. The van der Waals surface area contributed by atoms with Crippen LogP contribution in [0, 0.1) is 5.92 Å². The van der Waals surface area contributed by atoms with Crippen molar-refractivity contribution in [2.45, 2.75) is 6.42 Å². The van der Waals surface area contributed by atoms with E-state index in [9.17, 15) is 4.79 Å². The van der Waals surface area contributed by atoms with E-state index >= 15 is 0 Å². The Bertz CT molecular complexity index is 899. The first-order valence-electron chi connectivity index (χ1n) is 8.64. The van der Waals surface area contributed by atoms with Crippen LogP contribution in [-0.2, 0) is 0 Å². The van der Waals surface area contributed by atoms with Gasteiger partial charge in [0, 0.05) is 18.5 Å². The number of amides is 1. The molecule has 2 aromatic heterocycles. The highest BCUT2D eigenvalue weighted by Crippen LogP contribution is 2.27. The van der Waals surface area contributed by atoms with E-state index < -0.39 is 0 Å².